The van der Waals surface area contributed by atoms with Gasteiger partial charge in [-0.05, 0) is 0 Å². The molecule has 0 spiro atoms. The van der Waals surface area contributed by atoms with Crippen LogP contribution in [-0.4, -0.2) is 0 Å². The summed E-state index contributed by atoms with van der Waals surface area (Å²) in [7, 11) is 0. The molecule has 2 nitrogen and oxygen atoms in total. The number of rotatable bonds is 7. The van der Waals surface area contributed by atoms with Gasteiger partial charge in [0.25, 0.3) is 0 Å². The van der Waals surface area contributed by atoms with Crippen LogP contribution in [0.5, 0.6) is 11.5 Å². The van der Waals surface area contributed by atoms with Gasteiger partial charge in [0, 0.05) is 0 Å². The van der Waals surface area contributed by atoms with E-state index >= 15 is 0 Å². The maximum absolute atomic E-state index is 10.8. The standard InChI is InChI=1S/C32H25BrNOP/c33-36(25-34,30-15-6-2-7-16-30,31-17-8-3-9-18-31)32-21-19-26(20-22-32)23-27-11-10-14-29(24-27)35-28-12-4-1-5-13-28/h1-22,24H,23H2. The van der Waals surface area contributed by atoms with Gasteiger partial charge >= 0.3 is 215 Å². The van der Waals surface area contributed by atoms with Crippen LogP contribution in [0.2, 0.25) is 0 Å². The normalized spacial score (nSPS) is 12.2. The number of nitrogens with zero attached hydrogens (tertiary/aromatic N) is 1. The Labute approximate surface area is 220 Å². The molecule has 0 saturated heterocycles. The van der Waals surface area contributed by atoms with E-state index in [1.165, 1.54) is 11.1 Å². The first kappa shape index (κ1) is 24.0. The molecule has 0 aromatic heterocycles. The number of hydrogen-bond donors (Lipinski definition) is 0. The number of halogens is 1. The molecular weight excluding hydrogens is 525 g/mol. The van der Waals surface area contributed by atoms with Crippen LogP contribution < -0.4 is 20.7 Å². The molecule has 4 heteroatoms. The van der Waals surface area contributed by atoms with Crippen molar-refractivity contribution in [2.24, 2.45) is 0 Å². The van der Waals surface area contributed by atoms with Crippen molar-refractivity contribution < 1.29 is 4.74 Å². The van der Waals surface area contributed by atoms with Crippen molar-refractivity contribution in [1.29, 1.82) is 5.26 Å². The molecule has 0 aliphatic rings. The maximum atomic E-state index is 10.8. The van der Waals surface area contributed by atoms with E-state index in [4.69, 9.17) is 4.74 Å². The predicted molar refractivity (Wildman–Crippen MR) is 155 cm³/mol. The molecule has 0 radical (unpaired) electrons. The van der Waals surface area contributed by atoms with Crippen LogP contribution >= 0.6 is 20.8 Å². The number of benzene rings is 5. The molecule has 5 aromatic rings. The Hall–Kier alpha value is -3.70. The quantitative estimate of drug-likeness (QED) is 0.195. The van der Waals surface area contributed by atoms with Crippen molar-refractivity contribution >= 4 is 36.7 Å². The van der Waals surface area contributed by atoms with Crippen LogP contribution in [0.1, 0.15) is 11.1 Å². The average molecular weight is 550 g/mol. The van der Waals surface area contributed by atoms with Crippen molar-refractivity contribution in [3.8, 4) is 17.3 Å². The van der Waals surface area contributed by atoms with Gasteiger partial charge in [-0.25, -0.2) is 0 Å². The fourth-order valence-corrected chi connectivity index (χ4v) is 10.1. The molecular formula is C32H25BrNOP. The fourth-order valence-electron chi connectivity index (χ4n) is 4.51. The van der Waals surface area contributed by atoms with Gasteiger partial charge in [-0.1, -0.05) is 6.07 Å². The number of ether oxygens (including phenoxy) is 1. The number of hydrogen-bond acceptors (Lipinski definition) is 2. The zero-order chi connectivity index (χ0) is 24.9. The number of nitriles is 1. The Morgan fingerprint density at radius 2 is 1.06 bits per heavy atom. The first-order valence-corrected chi connectivity index (χ1v) is 16.0. The van der Waals surface area contributed by atoms with E-state index < -0.39 is 5.31 Å². The molecule has 5 rings (SSSR count). The van der Waals surface area contributed by atoms with Gasteiger partial charge in [0.15, 0.2) is 0 Å². The number of para-hydroxylation sites is 1. The van der Waals surface area contributed by atoms with Crippen LogP contribution in [0.3, 0.4) is 0 Å². The van der Waals surface area contributed by atoms with E-state index in [9.17, 15) is 5.26 Å². The van der Waals surface area contributed by atoms with Crippen LogP contribution in [-0.2, 0) is 6.42 Å². The van der Waals surface area contributed by atoms with Gasteiger partial charge in [0.1, 0.15) is 0 Å². The average Bonchev–Trinajstić information content (AvgIpc) is 2.95. The topological polar surface area (TPSA) is 33.0 Å². The molecule has 0 atom stereocenters. The molecule has 0 saturated carbocycles. The molecule has 0 aliphatic carbocycles. The first-order chi connectivity index (χ1) is 17.6. The summed E-state index contributed by atoms with van der Waals surface area (Å²) in [5, 5.41) is 10.3. The summed E-state index contributed by atoms with van der Waals surface area (Å²) in [5.41, 5.74) is 2.34. The van der Waals surface area contributed by atoms with Gasteiger partial charge in [-0.15, -0.1) is 0 Å². The van der Waals surface area contributed by atoms with Crippen LogP contribution in [0.15, 0.2) is 140 Å². The summed E-state index contributed by atoms with van der Waals surface area (Å²) in [6, 6.07) is 46.6. The SMILES string of the molecule is N#CP(Br)(c1ccccc1)(c1ccccc1)c1ccc(Cc2cccc(Oc3ccccc3)c2)cc1. The van der Waals surface area contributed by atoms with Gasteiger partial charge in [0.2, 0.25) is 0 Å². The van der Waals surface area contributed by atoms with Crippen LogP contribution in [0.4, 0.5) is 0 Å². The minimum atomic E-state index is -3.48. The molecule has 0 N–H and O–H groups in total. The predicted octanol–water partition coefficient (Wildman–Crippen LogP) is 7.69. The second-order valence-electron chi connectivity index (χ2n) is 8.69. The summed E-state index contributed by atoms with van der Waals surface area (Å²) in [4.78, 5) is 0. The van der Waals surface area contributed by atoms with E-state index in [1.54, 1.807) is 0 Å². The Balaban J connectivity index is 1.48. The van der Waals surface area contributed by atoms with Gasteiger partial charge in [-0.2, -0.15) is 0 Å². The molecule has 5 aromatic carbocycles. The Morgan fingerprint density at radius 1 is 0.556 bits per heavy atom. The monoisotopic (exact) mass is 549 g/mol. The van der Waals surface area contributed by atoms with Crippen LogP contribution in [0.25, 0.3) is 0 Å². The summed E-state index contributed by atoms with van der Waals surface area (Å²) in [6.45, 7) is 0. The van der Waals surface area contributed by atoms with Crippen molar-refractivity contribution in [1.82, 2.24) is 0 Å². The third-order valence-electron chi connectivity index (χ3n) is 6.38. The Morgan fingerprint density at radius 3 is 1.61 bits per heavy atom. The van der Waals surface area contributed by atoms with Crippen molar-refractivity contribution in [2.75, 3.05) is 0 Å². The first-order valence-electron chi connectivity index (χ1n) is 11.8. The van der Waals surface area contributed by atoms with E-state index in [2.05, 4.69) is 82.0 Å². The molecule has 0 fully saturated rings. The molecule has 36 heavy (non-hydrogen) atoms. The van der Waals surface area contributed by atoms with Gasteiger partial charge in [-0.3, -0.25) is 0 Å². The van der Waals surface area contributed by atoms with E-state index in [0.717, 1.165) is 33.8 Å². The van der Waals surface area contributed by atoms with E-state index in [1.807, 2.05) is 78.9 Å². The van der Waals surface area contributed by atoms with Gasteiger partial charge in [0.05, 0.1) is 0 Å². The summed E-state index contributed by atoms with van der Waals surface area (Å²) < 4.78 is 6.01. The minimum absolute atomic E-state index is 0.772. The molecule has 0 unspecified atom stereocenters. The summed E-state index contributed by atoms with van der Waals surface area (Å²) >= 11 is 4.10. The zero-order valence-electron chi connectivity index (χ0n) is 19.7. The second-order valence-corrected chi connectivity index (χ2v) is 16.7. The molecule has 0 heterocycles. The van der Waals surface area contributed by atoms with Crippen molar-refractivity contribution in [3.05, 3.63) is 151 Å². The third-order valence-corrected chi connectivity index (χ3v) is 14.7. The molecule has 0 amide bonds. The molecule has 0 aliphatic heterocycles. The van der Waals surface area contributed by atoms with Crippen molar-refractivity contribution in [3.63, 3.8) is 0 Å². The van der Waals surface area contributed by atoms with Crippen molar-refractivity contribution in [2.45, 2.75) is 6.42 Å². The second kappa shape index (κ2) is 10.1. The van der Waals surface area contributed by atoms with E-state index in [0.29, 0.717) is 0 Å². The Bertz CT molecular complexity index is 1460. The van der Waals surface area contributed by atoms with Crippen LogP contribution in [0, 0.1) is 11.1 Å². The Kier molecular flexibility index (Phi) is 6.75. The zero-order valence-corrected chi connectivity index (χ0v) is 22.1. The van der Waals surface area contributed by atoms with Gasteiger partial charge < -0.3 is 0 Å². The fraction of sp³-hybridized carbons (Fsp3) is 0.0312. The summed E-state index contributed by atoms with van der Waals surface area (Å²) in [6.07, 6.45) is 0.772. The summed E-state index contributed by atoms with van der Waals surface area (Å²) in [5.74, 6) is 4.41. The van der Waals surface area contributed by atoms with E-state index in [-0.39, 0.29) is 0 Å². The molecule has 0 bridgehead atoms. The molecule has 176 valence electrons. The third kappa shape index (κ3) is 4.47.